The van der Waals surface area contributed by atoms with Gasteiger partial charge in [-0.05, 0) is 36.9 Å². The lowest BCUT2D eigenvalue weighted by atomic mass is 9.86. The molecule has 1 N–H and O–H groups in total. The maximum atomic E-state index is 10.9. The quantitative estimate of drug-likeness (QED) is 0.852. The van der Waals surface area contributed by atoms with Gasteiger partial charge in [-0.1, -0.05) is 52.0 Å². The minimum absolute atomic E-state index is 0.0322. The van der Waals surface area contributed by atoms with E-state index in [0.717, 1.165) is 6.54 Å². The fourth-order valence-corrected chi connectivity index (χ4v) is 2.79. The zero-order valence-electron chi connectivity index (χ0n) is 14.2. The van der Waals surface area contributed by atoms with Crippen LogP contribution in [0.3, 0.4) is 0 Å². The molecule has 1 aromatic carbocycles. The number of carboxylic acid groups (broad SMARTS) is 1. The summed E-state index contributed by atoms with van der Waals surface area (Å²) in [6.45, 7) is 13.7. The van der Waals surface area contributed by atoms with Crippen molar-refractivity contribution in [1.82, 2.24) is 4.90 Å². The van der Waals surface area contributed by atoms with Gasteiger partial charge in [-0.3, -0.25) is 9.69 Å². The van der Waals surface area contributed by atoms with Crippen LogP contribution in [0.1, 0.15) is 65.1 Å². The van der Waals surface area contributed by atoms with Crippen LogP contribution < -0.4 is 0 Å². The Morgan fingerprint density at radius 2 is 1.71 bits per heavy atom. The monoisotopic (exact) mass is 291 g/mol. The van der Waals surface area contributed by atoms with Gasteiger partial charge in [0.05, 0.1) is 6.42 Å². The molecule has 21 heavy (non-hydrogen) atoms. The van der Waals surface area contributed by atoms with E-state index in [1.165, 1.54) is 11.1 Å². The maximum Gasteiger partial charge on any atom is 0.304 e. The van der Waals surface area contributed by atoms with Gasteiger partial charge in [-0.2, -0.15) is 0 Å². The smallest absolute Gasteiger partial charge is 0.304 e. The Hall–Kier alpha value is -1.35. The SMILES string of the molecule is CCN(C(C)CC(=O)O)C(C)c1ccc(C(C)(C)C)cc1. The number of hydrogen-bond acceptors (Lipinski definition) is 2. The van der Waals surface area contributed by atoms with E-state index < -0.39 is 5.97 Å². The molecule has 1 aromatic rings. The van der Waals surface area contributed by atoms with Crippen molar-refractivity contribution in [2.45, 2.75) is 65.5 Å². The average molecular weight is 291 g/mol. The molecule has 0 heterocycles. The molecule has 0 aliphatic carbocycles. The number of aliphatic carboxylic acids is 1. The van der Waals surface area contributed by atoms with E-state index in [1.807, 2.05) is 6.92 Å². The molecular formula is C18H29NO2. The summed E-state index contributed by atoms with van der Waals surface area (Å²) in [5.74, 6) is -0.740. The fourth-order valence-electron chi connectivity index (χ4n) is 2.79. The Morgan fingerprint density at radius 1 is 1.19 bits per heavy atom. The summed E-state index contributed by atoms with van der Waals surface area (Å²) in [6, 6.07) is 8.95. The largest absolute Gasteiger partial charge is 0.481 e. The lowest BCUT2D eigenvalue weighted by Gasteiger charge is -2.33. The number of carbonyl (C=O) groups is 1. The van der Waals surface area contributed by atoms with Crippen LogP contribution in [0.2, 0.25) is 0 Å². The Labute approximate surface area is 129 Å². The van der Waals surface area contributed by atoms with Crippen molar-refractivity contribution < 1.29 is 9.90 Å². The van der Waals surface area contributed by atoms with Gasteiger partial charge in [-0.25, -0.2) is 0 Å². The van der Waals surface area contributed by atoms with Gasteiger partial charge in [0.25, 0.3) is 0 Å². The summed E-state index contributed by atoms with van der Waals surface area (Å²) in [5, 5.41) is 8.98. The molecule has 0 aromatic heterocycles. The Morgan fingerprint density at radius 3 is 2.10 bits per heavy atom. The minimum atomic E-state index is -0.740. The van der Waals surface area contributed by atoms with E-state index >= 15 is 0 Å². The highest BCUT2D eigenvalue weighted by atomic mass is 16.4. The van der Waals surface area contributed by atoms with Gasteiger partial charge >= 0.3 is 5.97 Å². The first-order valence-corrected chi connectivity index (χ1v) is 7.74. The number of carboxylic acids is 1. The highest BCUT2D eigenvalue weighted by Gasteiger charge is 2.22. The van der Waals surface area contributed by atoms with Crippen LogP contribution in [0, 0.1) is 0 Å². The van der Waals surface area contributed by atoms with Crippen molar-refractivity contribution in [2.75, 3.05) is 6.54 Å². The lowest BCUT2D eigenvalue weighted by Crippen LogP contribution is -2.36. The van der Waals surface area contributed by atoms with Crippen LogP contribution in [0.25, 0.3) is 0 Å². The van der Waals surface area contributed by atoms with Crippen LogP contribution in [-0.4, -0.2) is 28.6 Å². The van der Waals surface area contributed by atoms with Crippen LogP contribution >= 0.6 is 0 Å². The summed E-state index contributed by atoms with van der Waals surface area (Å²) in [6.07, 6.45) is 0.179. The standard InChI is InChI=1S/C18H29NO2/c1-7-19(13(2)12-17(20)21)14(3)15-8-10-16(11-9-15)18(4,5)6/h8-11,13-14H,7,12H2,1-6H3,(H,20,21). The highest BCUT2D eigenvalue weighted by molar-refractivity contribution is 5.67. The van der Waals surface area contributed by atoms with E-state index in [2.05, 4.69) is 63.8 Å². The first-order chi connectivity index (χ1) is 9.66. The van der Waals surface area contributed by atoms with Crippen molar-refractivity contribution in [2.24, 2.45) is 0 Å². The minimum Gasteiger partial charge on any atom is -0.481 e. The lowest BCUT2D eigenvalue weighted by molar-refractivity contribution is -0.138. The third kappa shape index (κ3) is 4.85. The number of rotatable bonds is 6. The normalized spacial score (nSPS) is 15.0. The van der Waals surface area contributed by atoms with E-state index in [-0.39, 0.29) is 23.9 Å². The van der Waals surface area contributed by atoms with Crippen LogP contribution in [-0.2, 0) is 10.2 Å². The maximum absolute atomic E-state index is 10.9. The molecule has 2 unspecified atom stereocenters. The molecule has 2 atom stereocenters. The fraction of sp³-hybridized carbons (Fsp3) is 0.611. The molecule has 0 aliphatic heterocycles. The molecule has 3 nitrogen and oxygen atoms in total. The number of benzene rings is 1. The zero-order chi connectivity index (χ0) is 16.2. The van der Waals surface area contributed by atoms with Crippen molar-refractivity contribution >= 4 is 5.97 Å². The van der Waals surface area contributed by atoms with Crippen LogP contribution in [0.4, 0.5) is 0 Å². The molecule has 1 rings (SSSR count). The molecule has 118 valence electrons. The van der Waals surface area contributed by atoms with Gasteiger partial charge in [0, 0.05) is 12.1 Å². The molecule has 0 amide bonds. The van der Waals surface area contributed by atoms with Gasteiger partial charge < -0.3 is 5.11 Å². The number of hydrogen-bond donors (Lipinski definition) is 1. The van der Waals surface area contributed by atoms with Gasteiger partial charge in [0.15, 0.2) is 0 Å². The molecule has 0 saturated carbocycles. The Bertz CT molecular complexity index is 459. The van der Waals surface area contributed by atoms with E-state index in [1.54, 1.807) is 0 Å². The Balaban J connectivity index is 2.90. The van der Waals surface area contributed by atoms with Gasteiger partial charge in [0.1, 0.15) is 0 Å². The molecule has 0 fully saturated rings. The molecule has 0 saturated heterocycles. The molecular weight excluding hydrogens is 262 g/mol. The highest BCUT2D eigenvalue weighted by Crippen LogP contribution is 2.27. The summed E-state index contributed by atoms with van der Waals surface area (Å²) in [5.41, 5.74) is 2.71. The molecule has 0 aliphatic rings. The van der Waals surface area contributed by atoms with E-state index in [4.69, 9.17) is 5.11 Å². The third-order valence-electron chi connectivity index (χ3n) is 4.16. The molecule has 0 bridgehead atoms. The van der Waals surface area contributed by atoms with Crippen LogP contribution in [0.15, 0.2) is 24.3 Å². The number of nitrogens with zero attached hydrogens (tertiary/aromatic N) is 1. The predicted molar refractivity (Wildman–Crippen MR) is 87.7 cm³/mol. The summed E-state index contributed by atoms with van der Waals surface area (Å²) in [7, 11) is 0. The summed E-state index contributed by atoms with van der Waals surface area (Å²) < 4.78 is 0. The van der Waals surface area contributed by atoms with Gasteiger partial charge in [-0.15, -0.1) is 0 Å². The zero-order valence-corrected chi connectivity index (χ0v) is 14.2. The summed E-state index contributed by atoms with van der Waals surface area (Å²) >= 11 is 0. The predicted octanol–water partition coefficient (Wildman–Crippen LogP) is 4.23. The van der Waals surface area contributed by atoms with Crippen molar-refractivity contribution in [3.63, 3.8) is 0 Å². The third-order valence-corrected chi connectivity index (χ3v) is 4.16. The Kier molecular flexibility index (Phi) is 5.97. The van der Waals surface area contributed by atoms with E-state index in [0.29, 0.717) is 0 Å². The van der Waals surface area contributed by atoms with Crippen molar-refractivity contribution in [1.29, 1.82) is 0 Å². The molecule has 3 heteroatoms. The second kappa shape index (κ2) is 7.08. The molecule has 0 radical (unpaired) electrons. The van der Waals surface area contributed by atoms with Gasteiger partial charge in [0.2, 0.25) is 0 Å². The van der Waals surface area contributed by atoms with Crippen molar-refractivity contribution in [3.8, 4) is 0 Å². The second-order valence-electron chi connectivity index (χ2n) is 6.83. The van der Waals surface area contributed by atoms with Crippen LogP contribution in [0.5, 0.6) is 0 Å². The van der Waals surface area contributed by atoms with E-state index in [9.17, 15) is 4.79 Å². The van der Waals surface area contributed by atoms with Crippen molar-refractivity contribution in [3.05, 3.63) is 35.4 Å². The second-order valence-corrected chi connectivity index (χ2v) is 6.83. The molecule has 0 spiro atoms. The summed E-state index contributed by atoms with van der Waals surface area (Å²) in [4.78, 5) is 13.2. The average Bonchev–Trinajstić information content (AvgIpc) is 2.37. The first kappa shape index (κ1) is 17.7. The first-order valence-electron chi connectivity index (χ1n) is 7.74. The topological polar surface area (TPSA) is 40.5 Å².